The molecule has 0 spiro atoms. The lowest BCUT2D eigenvalue weighted by molar-refractivity contribution is 0.196. The van der Waals surface area contributed by atoms with Gasteiger partial charge in [-0.1, -0.05) is 13.8 Å². The van der Waals surface area contributed by atoms with E-state index in [9.17, 15) is 0 Å². The number of nitrogens with one attached hydrogen (secondary N) is 1. The smallest absolute Gasteiger partial charge is 0.193 e. The molecule has 4 nitrogen and oxygen atoms in total. The first kappa shape index (κ1) is 15.3. The first-order valence-electron chi connectivity index (χ1n) is 6.81. The molecular formula is C14H30N4. The van der Waals surface area contributed by atoms with Gasteiger partial charge < -0.3 is 15.1 Å². The lowest BCUT2D eigenvalue weighted by Gasteiger charge is -2.34. The van der Waals surface area contributed by atoms with Gasteiger partial charge in [0.15, 0.2) is 5.96 Å². The molecule has 0 amide bonds. The van der Waals surface area contributed by atoms with Gasteiger partial charge in [-0.25, -0.2) is 0 Å². The van der Waals surface area contributed by atoms with Gasteiger partial charge in [-0.3, -0.25) is 4.99 Å². The zero-order chi connectivity index (χ0) is 14.0. The molecule has 1 aliphatic rings. The van der Waals surface area contributed by atoms with Crippen molar-refractivity contribution in [2.24, 2.45) is 10.4 Å². The van der Waals surface area contributed by atoms with Gasteiger partial charge in [0.25, 0.3) is 0 Å². The minimum atomic E-state index is 0.130. The van der Waals surface area contributed by atoms with Gasteiger partial charge >= 0.3 is 0 Å². The van der Waals surface area contributed by atoms with Gasteiger partial charge in [0.05, 0.1) is 0 Å². The lowest BCUT2D eigenvalue weighted by Crippen LogP contribution is -2.51. The lowest BCUT2D eigenvalue weighted by atomic mass is 9.93. The number of rotatable bonds is 3. The van der Waals surface area contributed by atoms with Gasteiger partial charge in [-0.15, -0.1) is 0 Å². The molecule has 0 bridgehead atoms. The second-order valence-electron chi connectivity index (χ2n) is 6.94. The molecule has 1 N–H and O–H groups in total. The number of likely N-dealkylation sites (tertiary alicyclic amines) is 1. The highest BCUT2D eigenvalue weighted by Gasteiger charge is 2.31. The maximum Gasteiger partial charge on any atom is 0.193 e. The van der Waals surface area contributed by atoms with Crippen LogP contribution in [-0.2, 0) is 0 Å². The topological polar surface area (TPSA) is 30.9 Å². The molecule has 1 saturated heterocycles. The molecule has 0 atom stereocenters. The third kappa shape index (κ3) is 3.87. The van der Waals surface area contributed by atoms with Crippen LogP contribution in [0.2, 0.25) is 0 Å². The van der Waals surface area contributed by atoms with E-state index in [-0.39, 0.29) is 5.54 Å². The fourth-order valence-electron chi connectivity index (χ4n) is 2.08. The van der Waals surface area contributed by atoms with Gasteiger partial charge in [0.2, 0.25) is 0 Å². The third-order valence-electron chi connectivity index (χ3n) is 4.08. The van der Waals surface area contributed by atoms with Crippen molar-refractivity contribution in [2.75, 3.05) is 40.8 Å². The van der Waals surface area contributed by atoms with Crippen LogP contribution in [0.4, 0.5) is 0 Å². The minimum Gasteiger partial charge on any atom is -0.354 e. The highest BCUT2D eigenvalue weighted by atomic mass is 15.3. The quantitative estimate of drug-likeness (QED) is 0.613. The number of aliphatic imine (C=N–C) groups is 1. The number of hydrogen-bond acceptors (Lipinski definition) is 2. The molecule has 1 fully saturated rings. The summed E-state index contributed by atoms with van der Waals surface area (Å²) in [6.07, 6.45) is 1.24. The van der Waals surface area contributed by atoms with Gasteiger partial charge in [0.1, 0.15) is 0 Å². The molecule has 0 unspecified atom stereocenters. The van der Waals surface area contributed by atoms with Crippen LogP contribution in [0, 0.1) is 5.41 Å². The Labute approximate surface area is 112 Å². The van der Waals surface area contributed by atoms with Crippen molar-refractivity contribution >= 4 is 5.96 Å². The molecule has 4 heteroatoms. The molecule has 18 heavy (non-hydrogen) atoms. The highest BCUT2D eigenvalue weighted by Crippen LogP contribution is 2.28. The Balaban J connectivity index is 2.55. The first-order valence-corrected chi connectivity index (χ1v) is 6.81. The van der Waals surface area contributed by atoms with Gasteiger partial charge in [0, 0.05) is 32.2 Å². The maximum atomic E-state index is 4.41. The first-order chi connectivity index (χ1) is 8.18. The van der Waals surface area contributed by atoms with E-state index in [0.29, 0.717) is 5.41 Å². The van der Waals surface area contributed by atoms with Crippen molar-refractivity contribution in [3.05, 3.63) is 0 Å². The van der Waals surface area contributed by atoms with E-state index in [1.165, 1.54) is 6.42 Å². The molecule has 0 radical (unpaired) electrons. The summed E-state index contributed by atoms with van der Waals surface area (Å²) in [6.45, 7) is 12.2. The SMILES string of the molecule is CN=C(NCC(C)(C)N(C)C)N1CCC(C)(C)C1. The monoisotopic (exact) mass is 254 g/mol. The summed E-state index contributed by atoms with van der Waals surface area (Å²) >= 11 is 0. The fraction of sp³-hybridized carbons (Fsp3) is 0.929. The Kier molecular flexibility index (Phi) is 4.65. The predicted octanol–water partition coefficient (Wildman–Crippen LogP) is 1.63. The van der Waals surface area contributed by atoms with Crippen LogP contribution >= 0.6 is 0 Å². The second-order valence-corrected chi connectivity index (χ2v) is 6.94. The molecule has 1 heterocycles. The number of nitrogens with zero attached hydrogens (tertiary/aromatic N) is 3. The Morgan fingerprint density at radius 2 is 2.00 bits per heavy atom. The Bertz CT molecular complexity index is 305. The average molecular weight is 254 g/mol. The van der Waals surface area contributed by atoms with E-state index in [0.717, 1.165) is 25.6 Å². The van der Waals surface area contributed by atoms with Gasteiger partial charge in [-0.05, 0) is 39.8 Å². The van der Waals surface area contributed by atoms with E-state index >= 15 is 0 Å². The molecule has 106 valence electrons. The Morgan fingerprint density at radius 3 is 2.39 bits per heavy atom. The van der Waals surface area contributed by atoms with Crippen LogP contribution in [0.5, 0.6) is 0 Å². The molecule has 0 aromatic heterocycles. The number of hydrogen-bond donors (Lipinski definition) is 1. The summed E-state index contributed by atoms with van der Waals surface area (Å²) in [5.74, 6) is 1.04. The van der Waals surface area contributed by atoms with E-state index < -0.39 is 0 Å². The zero-order valence-corrected chi connectivity index (χ0v) is 13.2. The molecular weight excluding hydrogens is 224 g/mol. The normalized spacial score (nSPS) is 20.7. The minimum absolute atomic E-state index is 0.130. The zero-order valence-electron chi connectivity index (χ0n) is 13.2. The maximum absolute atomic E-state index is 4.41. The molecule has 0 saturated carbocycles. The molecule has 0 aliphatic carbocycles. The van der Waals surface area contributed by atoms with Crippen molar-refractivity contribution in [2.45, 2.75) is 39.7 Å². The fourth-order valence-corrected chi connectivity index (χ4v) is 2.08. The van der Waals surface area contributed by atoms with Crippen molar-refractivity contribution < 1.29 is 0 Å². The summed E-state index contributed by atoms with van der Waals surface area (Å²) in [7, 11) is 6.10. The molecule has 0 aromatic rings. The third-order valence-corrected chi connectivity index (χ3v) is 4.08. The van der Waals surface area contributed by atoms with Gasteiger partial charge in [-0.2, -0.15) is 0 Å². The summed E-state index contributed by atoms with van der Waals surface area (Å²) in [5.41, 5.74) is 0.542. The van der Waals surface area contributed by atoms with E-state index in [1.807, 2.05) is 7.05 Å². The largest absolute Gasteiger partial charge is 0.354 e. The van der Waals surface area contributed by atoms with E-state index in [1.54, 1.807) is 0 Å². The molecule has 0 aromatic carbocycles. The summed E-state index contributed by atoms with van der Waals surface area (Å²) in [4.78, 5) is 9.02. The van der Waals surface area contributed by atoms with Crippen LogP contribution in [0.1, 0.15) is 34.1 Å². The van der Waals surface area contributed by atoms with Crippen LogP contribution < -0.4 is 5.32 Å². The van der Waals surface area contributed by atoms with Crippen molar-refractivity contribution in [1.82, 2.24) is 15.1 Å². The summed E-state index contributed by atoms with van der Waals surface area (Å²) < 4.78 is 0. The second kappa shape index (κ2) is 5.47. The van der Waals surface area contributed by atoms with Crippen molar-refractivity contribution in [3.63, 3.8) is 0 Å². The predicted molar refractivity (Wildman–Crippen MR) is 79.1 cm³/mol. The van der Waals surface area contributed by atoms with Crippen LogP contribution in [0.25, 0.3) is 0 Å². The van der Waals surface area contributed by atoms with E-state index in [4.69, 9.17) is 0 Å². The number of guanidine groups is 1. The Morgan fingerprint density at radius 1 is 1.39 bits per heavy atom. The highest BCUT2D eigenvalue weighted by molar-refractivity contribution is 5.80. The van der Waals surface area contributed by atoms with Crippen molar-refractivity contribution in [1.29, 1.82) is 0 Å². The number of likely N-dealkylation sites (N-methyl/N-ethyl adjacent to an activating group) is 1. The van der Waals surface area contributed by atoms with Crippen LogP contribution in [0.3, 0.4) is 0 Å². The van der Waals surface area contributed by atoms with Crippen LogP contribution in [-0.4, -0.2) is 62.1 Å². The summed E-state index contributed by atoms with van der Waals surface area (Å²) in [5, 5.41) is 3.50. The van der Waals surface area contributed by atoms with Crippen molar-refractivity contribution in [3.8, 4) is 0 Å². The average Bonchev–Trinajstić information content (AvgIpc) is 2.59. The standard InChI is InChI=1S/C14H30N4/c1-13(2)8-9-18(11-13)12(15-5)16-10-14(3,4)17(6)7/h8-11H2,1-7H3,(H,15,16). The van der Waals surface area contributed by atoms with E-state index in [2.05, 4.69) is 61.9 Å². The molecule has 1 aliphatic heterocycles. The Hall–Kier alpha value is -0.770. The van der Waals surface area contributed by atoms with Crippen LogP contribution in [0.15, 0.2) is 4.99 Å². The summed E-state index contributed by atoms with van der Waals surface area (Å²) in [6, 6.07) is 0. The molecule has 1 rings (SSSR count).